The lowest BCUT2D eigenvalue weighted by atomic mass is 9.86. The summed E-state index contributed by atoms with van der Waals surface area (Å²) in [6.07, 6.45) is 1.14. The standard InChI is InChI=1S/C21H26N2O2/c1-15(24)22-18-10-12-19(13-11-18)23-20(25)14-7-16-5-8-17(9-6-16)21(2,3)4/h5-6,8-13H,7,14H2,1-4H3,(H,22,24)(H,23,25). The molecule has 4 nitrogen and oxygen atoms in total. The third-order valence-corrected chi connectivity index (χ3v) is 3.95. The average molecular weight is 338 g/mol. The number of hydrogen-bond donors (Lipinski definition) is 2. The van der Waals surface area contributed by atoms with Crippen LogP contribution in [0.1, 0.15) is 45.2 Å². The van der Waals surface area contributed by atoms with Crippen LogP contribution in [0.2, 0.25) is 0 Å². The normalized spacial score (nSPS) is 11.0. The predicted molar refractivity (Wildman–Crippen MR) is 103 cm³/mol. The molecule has 0 spiro atoms. The number of aryl methyl sites for hydroxylation is 1. The first-order valence-electron chi connectivity index (χ1n) is 8.51. The number of carbonyl (C=O) groups excluding carboxylic acids is 2. The Kier molecular flexibility index (Phi) is 5.97. The van der Waals surface area contributed by atoms with Crippen molar-refractivity contribution < 1.29 is 9.59 Å². The lowest BCUT2D eigenvalue weighted by Crippen LogP contribution is -2.13. The van der Waals surface area contributed by atoms with E-state index in [9.17, 15) is 9.59 Å². The van der Waals surface area contributed by atoms with Gasteiger partial charge in [-0.05, 0) is 47.2 Å². The molecule has 0 unspecified atom stereocenters. The van der Waals surface area contributed by atoms with E-state index in [0.717, 1.165) is 11.3 Å². The minimum absolute atomic E-state index is 0.0211. The summed E-state index contributed by atoms with van der Waals surface area (Å²) in [5, 5.41) is 5.57. The quantitative estimate of drug-likeness (QED) is 0.842. The van der Waals surface area contributed by atoms with Crippen molar-refractivity contribution in [2.45, 2.75) is 46.0 Å². The van der Waals surface area contributed by atoms with Gasteiger partial charge < -0.3 is 10.6 Å². The van der Waals surface area contributed by atoms with Crippen molar-refractivity contribution in [1.82, 2.24) is 0 Å². The van der Waals surface area contributed by atoms with Gasteiger partial charge in [-0.15, -0.1) is 0 Å². The van der Waals surface area contributed by atoms with Gasteiger partial charge >= 0.3 is 0 Å². The Bertz CT molecular complexity index is 726. The van der Waals surface area contributed by atoms with E-state index in [-0.39, 0.29) is 17.2 Å². The smallest absolute Gasteiger partial charge is 0.224 e. The van der Waals surface area contributed by atoms with Crippen LogP contribution in [0.3, 0.4) is 0 Å². The highest BCUT2D eigenvalue weighted by molar-refractivity contribution is 5.92. The third kappa shape index (κ3) is 6.07. The lowest BCUT2D eigenvalue weighted by molar-refractivity contribution is -0.116. The summed E-state index contributed by atoms with van der Waals surface area (Å²) in [6, 6.07) is 15.5. The number of rotatable bonds is 5. The van der Waals surface area contributed by atoms with Gasteiger partial charge in [0.2, 0.25) is 11.8 Å². The van der Waals surface area contributed by atoms with Gasteiger partial charge in [-0.1, -0.05) is 45.0 Å². The molecule has 25 heavy (non-hydrogen) atoms. The molecular formula is C21H26N2O2. The van der Waals surface area contributed by atoms with Crippen LogP contribution >= 0.6 is 0 Å². The van der Waals surface area contributed by atoms with E-state index in [1.165, 1.54) is 12.5 Å². The summed E-state index contributed by atoms with van der Waals surface area (Å²) < 4.78 is 0. The van der Waals surface area contributed by atoms with Crippen molar-refractivity contribution >= 4 is 23.2 Å². The number of benzene rings is 2. The number of hydrogen-bond acceptors (Lipinski definition) is 2. The SMILES string of the molecule is CC(=O)Nc1ccc(NC(=O)CCc2ccc(C(C)(C)C)cc2)cc1. The Morgan fingerprint density at radius 1 is 0.840 bits per heavy atom. The van der Waals surface area contributed by atoms with Gasteiger partial charge in [0.25, 0.3) is 0 Å². The molecule has 0 aromatic heterocycles. The third-order valence-electron chi connectivity index (χ3n) is 3.95. The Morgan fingerprint density at radius 3 is 1.84 bits per heavy atom. The zero-order chi connectivity index (χ0) is 18.4. The van der Waals surface area contributed by atoms with Crippen LogP contribution in [0.4, 0.5) is 11.4 Å². The van der Waals surface area contributed by atoms with Gasteiger partial charge in [-0.2, -0.15) is 0 Å². The summed E-state index contributed by atoms with van der Waals surface area (Å²) in [5.74, 6) is -0.138. The molecular weight excluding hydrogens is 312 g/mol. The van der Waals surface area contributed by atoms with Crippen LogP contribution in [0.15, 0.2) is 48.5 Å². The lowest BCUT2D eigenvalue weighted by Gasteiger charge is -2.19. The molecule has 2 rings (SSSR count). The molecule has 2 N–H and O–H groups in total. The minimum Gasteiger partial charge on any atom is -0.326 e. The summed E-state index contributed by atoms with van der Waals surface area (Å²) >= 11 is 0. The summed E-state index contributed by atoms with van der Waals surface area (Å²) in [6.45, 7) is 8.02. The molecule has 2 aromatic carbocycles. The minimum atomic E-state index is -0.116. The van der Waals surface area contributed by atoms with Gasteiger partial charge in [0, 0.05) is 24.7 Å². The van der Waals surface area contributed by atoms with Gasteiger partial charge in [0.05, 0.1) is 0 Å². The molecule has 4 heteroatoms. The molecule has 0 aliphatic heterocycles. The van der Waals surface area contributed by atoms with E-state index in [0.29, 0.717) is 18.5 Å². The summed E-state index contributed by atoms with van der Waals surface area (Å²) in [4.78, 5) is 23.1. The van der Waals surface area contributed by atoms with E-state index in [2.05, 4.69) is 55.7 Å². The fourth-order valence-electron chi connectivity index (χ4n) is 2.49. The van der Waals surface area contributed by atoms with Crippen LogP contribution in [0.25, 0.3) is 0 Å². The van der Waals surface area contributed by atoms with Crippen LogP contribution < -0.4 is 10.6 Å². The highest BCUT2D eigenvalue weighted by atomic mass is 16.2. The van der Waals surface area contributed by atoms with Crippen LogP contribution in [-0.4, -0.2) is 11.8 Å². The van der Waals surface area contributed by atoms with Crippen molar-refractivity contribution in [3.05, 3.63) is 59.7 Å². The molecule has 132 valence electrons. The highest BCUT2D eigenvalue weighted by Gasteiger charge is 2.13. The van der Waals surface area contributed by atoms with E-state index in [1.807, 2.05) is 0 Å². The Hall–Kier alpha value is -2.62. The zero-order valence-electron chi connectivity index (χ0n) is 15.3. The zero-order valence-corrected chi connectivity index (χ0v) is 15.3. The first kappa shape index (κ1) is 18.7. The van der Waals surface area contributed by atoms with Crippen molar-refractivity contribution in [2.24, 2.45) is 0 Å². The maximum atomic E-state index is 12.1. The second-order valence-corrected chi connectivity index (χ2v) is 7.25. The van der Waals surface area contributed by atoms with Crippen molar-refractivity contribution in [3.63, 3.8) is 0 Å². The molecule has 0 bridgehead atoms. The molecule has 0 saturated carbocycles. The number of nitrogens with one attached hydrogen (secondary N) is 2. The first-order chi connectivity index (χ1) is 11.7. The van der Waals surface area contributed by atoms with E-state index >= 15 is 0 Å². The molecule has 0 saturated heterocycles. The van der Waals surface area contributed by atoms with Gasteiger partial charge in [-0.25, -0.2) is 0 Å². The first-order valence-corrected chi connectivity index (χ1v) is 8.51. The van der Waals surface area contributed by atoms with Crippen molar-refractivity contribution in [3.8, 4) is 0 Å². The fraction of sp³-hybridized carbons (Fsp3) is 0.333. The molecule has 2 aromatic rings. The summed E-state index contributed by atoms with van der Waals surface area (Å²) in [5.41, 5.74) is 4.02. The molecule has 0 aliphatic rings. The van der Waals surface area contributed by atoms with Crippen LogP contribution in [0, 0.1) is 0 Å². The largest absolute Gasteiger partial charge is 0.326 e. The van der Waals surface area contributed by atoms with E-state index in [4.69, 9.17) is 0 Å². The molecule has 0 atom stereocenters. The average Bonchev–Trinajstić information content (AvgIpc) is 2.54. The van der Waals surface area contributed by atoms with E-state index < -0.39 is 0 Å². The molecule has 0 fully saturated rings. The number of amides is 2. The van der Waals surface area contributed by atoms with Crippen molar-refractivity contribution in [1.29, 1.82) is 0 Å². The second-order valence-electron chi connectivity index (χ2n) is 7.25. The van der Waals surface area contributed by atoms with Crippen molar-refractivity contribution in [2.75, 3.05) is 10.6 Å². The van der Waals surface area contributed by atoms with Crippen LogP contribution in [-0.2, 0) is 21.4 Å². The van der Waals surface area contributed by atoms with Gasteiger partial charge in [-0.3, -0.25) is 9.59 Å². The maximum absolute atomic E-state index is 12.1. The van der Waals surface area contributed by atoms with E-state index in [1.54, 1.807) is 24.3 Å². The number of anilines is 2. The second kappa shape index (κ2) is 7.97. The molecule has 0 heterocycles. The molecule has 0 radical (unpaired) electrons. The molecule has 2 amide bonds. The highest BCUT2D eigenvalue weighted by Crippen LogP contribution is 2.22. The maximum Gasteiger partial charge on any atom is 0.224 e. The monoisotopic (exact) mass is 338 g/mol. The Labute approximate surface area is 149 Å². The Morgan fingerprint density at radius 2 is 1.36 bits per heavy atom. The van der Waals surface area contributed by atoms with Crippen LogP contribution in [0.5, 0.6) is 0 Å². The number of carbonyl (C=O) groups is 2. The summed E-state index contributed by atoms with van der Waals surface area (Å²) in [7, 11) is 0. The van der Waals surface area contributed by atoms with Gasteiger partial charge in [0.1, 0.15) is 0 Å². The van der Waals surface area contributed by atoms with Gasteiger partial charge in [0.15, 0.2) is 0 Å². The topological polar surface area (TPSA) is 58.2 Å². The molecule has 0 aliphatic carbocycles. The fourth-order valence-corrected chi connectivity index (χ4v) is 2.49. The Balaban J connectivity index is 1.85. The predicted octanol–water partition coefficient (Wildman–Crippen LogP) is 4.51.